The number of benzene rings is 2. The maximum Gasteiger partial charge on any atom is 0.389 e. The number of nitrogens with one attached hydrogen (secondary N) is 1. The number of amides is 1. The third kappa shape index (κ3) is 8.87. The van der Waals surface area contributed by atoms with Crippen molar-refractivity contribution in [2.24, 2.45) is 5.73 Å². The lowest BCUT2D eigenvalue weighted by atomic mass is 10.1. The van der Waals surface area contributed by atoms with Gasteiger partial charge in [-0.25, -0.2) is 12.8 Å². The number of nitrogens with two attached hydrogens (primary N) is 1. The van der Waals surface area contributed by atoms with Crippen molar-refractivity contribution in [1.29, 1.82) is 0 Å². The predicted octanol–water partition coefficient (Wildman–Crippen LogP) is 3.70. The third-order valence-electron chi connectivity index (χ3n) is 5.71. The Morgan fingerprint density at radius 3 is 2.48 bits per heavy atom. The quantitative estimate of drug-likeness (QED) is 0.158. The van der Waals surface area contributed by atoms with Crippen LogP contribution in [0, 0.1) is 5.82 Å². The monoisotopic (exact) mass is 653 g/mol. The molecule has 0 saturated heterocycles. The van der Waals surface area contributed by atoms with E-state index < -0.39 is 70.3 Å². The molecule has 0 aliphatic heterocycles. The number of halogens is 5. The summed E-state index contributed by atoms with van der Waals surface area (Å²) in [6.07, 6.45) is -6.29. The number of methoxy groups -OCH3 is 1. The van der Waals surface area contributed by atoms with Gasteiger partial charge in [0.05, 0.1) is 12.0 Å². The van der Waals surface area contributed by atoms with Crippen molar-refractivity contribution >= 4 is 45.4 Å². The Morgan fingerprint density at radius 2 is 1.90 bits per heavy atom. The average Bonchev–Trinajstić information content (AvgIpc) is 3.47. The van der Waals surface area contributed by atoms with E-state index in [1.54, 1.807) is 0 Å². The Labute approximate surface area is 246 Å². The van der Waals surface area contributed by atoms with Crippen LogP contribution < -0.4 is 10.5 Å². The number of sulfonamides is 1. The molecule has 3 rings (SSSR count). The van der Waals surface area contributed by atoms with E-state index in [0.29, 0.717) is 16.3 Å². The van der Waals surface area contributed by atoms with E-state index in [0.717, 1.165) is 31.7 Å². The van der Waals surface area contributed by atoms with Crippen LogP contribution in [0.1, 0.15) is 18.4 Å². The van der Waals surface area contributed by atoms with Crippen molar-refractivity contribution in [2.45, 2.75) is 42.5 Å². The second-order valence-electron chi connectivity index (χ2n) is 8.64. The summed E-state index contributed by atoms with van der Waals surface area (Å²) in [5.74, 6) is -3.10. The Bertz CT molecular complexity index is 1480. The molecule has 42 heavy (non-hydrogen) atoms. The first-order valence-corrected chi connectivity index (χ1v) is 14.7. The van der Waals surface area contributed by atoms with Crippen LogP contribution >= 0.6 is 23.5 Å². The molecule has 0 aliphatic rings. The summed E-state index contributed by atoms with van der Waals surface area (Å²) < 4.78 is 94.5. The molecule has 1 amide bonds. The van der Waals surface area contributed by atoms with Crippen LogP contribution in [0.25, 0.3) is 11.4 Å². The minimum Gasteiger partial charge on any atom is -0.468 e. The van der Waals surface area contributed by atoms with E-state index in [1.165, 1.54) is 24.3 Å². The van der Waals surface area contributed by atoms with Gasteiger partial charge in [-0.15, -0.1) is 0 Å². The zero-order valence-electron chi connectivity index (χ0n) is 21.7. The average molecular weight is 654 g/mol. The second kappa shape index (κ2) is 14.3. The second-order valence-corrected chi connectivity index (χ2v) is 11.8. The summed E-state index contributed by atoms with van der Waals surface area (Å²) in [6, 6.07) is 5.05. The zero-order valence-corrected chi connectivity index (χ0v) is 24.1. The molecule has 2 aromatic carbocycles. The number of nitrogens with zero attached hydrogens (tertiary/aromatic N) is 3. The highest BCUT2D eigenvalue weighted by atomic mass is 35.5. The van der Waals surface area contributed by atoms with Crippen molar-refractivity contribution in [3.05, 3.63) is 65.3 Å². The number of hydrogen-bond acceptors (Lipinski definition) is 10. The summed E-state index contributed by atoms with van der Waals surface area (Å²) in [5, 5.41) is 3.76. The molecular formula is C24H24ClF4N5O6S2. The van der Waals surface area contributed by atoms with Gasteiger partial charge in [-0.05, 0) is 48.7 Å². The lowest BCUT2D eigenvalue weighted by molar-refractivity contribution is -0.142. The van der Waals surface area contributed by atoms with Gasteiger partial charge >= 0.3 is 12.1 Å². The third-order valence-corrected chi connectivity index (χ3v) is 8.70. The van der Waals surface area contributed by atoms with E-state index in [1.807, 2.05) is 0 Å². The van der Waals surface area contributed by atoms with Gasteiger partial charge in [0.2, 0.25) is 28.1 Å². The van der Waals surface area contributed by atoms with Crippen LogP contribution in [0.3, 0.4) is 0 Å². The minimum atomic E-state index is -4.76. The van der Waals surface area contributed by atoms with Gasteiger partial charge in [0, 0.05) is 34.9 Å². The molecule has 3 aromatic rings. The van der Waals surface area contributed by atoms with E-state index >= 15 is 4.39 Å². The summed E-state index contributed by atoms with van der Waals surface area (Å²) in [7, 11) is -3.64. The van der Waals surface area contributed by atoms with Gasteiger partial charge in [0.25, 0.3) is 0 Å². The van der Waals surface area contributed by atoms with Gasteiger partial charge in [0.1, 0.15) is 17.9 Å². The molecule has 0 aliphatic carbocycles. The van der Waals surface area contributed by atoms with Crippen molar-refractivity contribution in [3.63, 3.8) is 0 Å². The Balaban J connectivity index is 2.01. The van der Waals surface area contributed by atoms with Crippen LogP contribution in [0.5, 0.6) is 0 Å². The van der Waals surface area contributed by atoms with Crippen LogP contribution in [-0.2, 0) is 30.9 Å². The standard InChI is InChI=1S/C24H24ClF4N5O6S2/c1-39-23(36)19(30)12-41-33-22(35)20(8-9-24(27,28)29)34(42(37,38)17-6-4-16(25)5-7-17)11-15-3-2-14(10-18(15)26)21-31-13-40-32-21/h2-7,10,13,19-20H,8-9,11-12,30H2,1H3,(H,33,35)/t19-,20+/m0/s1. The number of carbonyl (C=O) groups is 2. The van der Waals surface area contributed by atoms with Gasteiger partial charge in [-0.3, -0.25) is 14.3 Å². The normalized spacial score (nSPS) is 13.5. The van der Waals surface area contributed by atoms with Crippen molar-refractivity contribution in [3.8, 4) is 11.4 Å². The zero-order chi connectivity index (χ0) is 31.1. The van der Waals surface area contributed by atoms with Crippen molar-refractivity contribution in [2.75, 3.05) is 12.9 Å². The smallest absolute Gasteiger partial charge is 0.389 e. The van der Waals surface area contributed by atoms with Crippen LogP contribution in [-0.4, -0.2) is 65.9 Å². The van der Waals surface area contributed by atoms with Gasteiger partial charge < -0.3 is 15.0 Å². The van der Waals surface area contributed by atoms with Crippen LogP contribution in [0.4, 0.5) is 17.6 Å². The molecule has 0 radical (unpaired) electrons. The van der Waals surface area contributed by atoms with Crippen LogP contribution in [0.2, 0.25) is 5.02 Å². The molecule has 0 fully saturated rings. The largest absolute Gasteiger partial charge is 0.468 e. The fraction of sp³-hybridized carbons (Fsp3) is 0.333. The van der Waals surface area contributed by atoms with Crippen molar-refractivity contribution < 1.29 is 44.8 Å². The molecule has 1 heterocycles. The lowest BCUT2D eigenvalue weighted by Crippen LogP contribution is -2.48. The highest BCUT2D eigenvalue weighted by molar-refractivity contribution is 7.98. The predicted molar refractivity (Wildman–Crippen MR) is 144 cm³/mol. The molecule has 0 saturated carbocycles. The molecule has 0 unspecified atom stereocenters. The molecule has 228 valence electrons. The number of aromatic nitrogens is 2. The van der Waals surface area contributed by atoms with E-state index in [-0.39, 0.29) is 27.7 Å². The highest BCUT2D eigenvalue weighted by Gasteiger charge is 2.39. The first-order valence-electron chi connectivity index (χ1n) is 11.9. The number of carbonyl (C=O) groups excluding carboxylic acids is 2. The molecule has 11 nitrogen and oxygen atoms in total. The molecule has 1 aromatic heterocycles. The minimum absolute atomic E-state index is 0.0377. The van der Waals surface area contributed by atoms with Gasteiger partial charge in [-0.2, -0.15) is 22.5 Å². The summed E-state index contributed by atoms with van der Waals surface area (Å²) in [5.41, 5.74) is 5.54. The molecule has 0 spiro atoms. The van der Waals surface area contributed by atoms with Crippen molar-refractivity contribution in [1.82, 2.24) is 19.2 Å². The number of hydrogen-bond donors (Lipinski definition) is 2. The summed E-state index contributed by atoms with van der Waals surface area (Å²) in [4.78, 5) is 28.2. The number of esters is 1. The molecular weight excluding hydrogens is 630 g/mol. The maximum absolute atomic E-state index is 15.2. The maximum atomic E-state index is 15.2. The van der Waals surface area contributed by atoms with Crippen LogP contribution in [0.15, 0.2) is 58.3 Å². The van der Waals surface area contributed by atoms with E-state index in [4.69, 9.17) is 17.3 Å². The van der Waals surface area contributed by atoms with E-state index in [9.17, 15) is 31.2 Å². The molecule has 2 atom stereocenters. The van der Waals surface area contributed by atoms with Gasteiger partial charge in [0.15, 0.2) is 0 Å². The Morgan fingerprint density at radius 1 is 1.21 bits per heavy atom. The first-order chi connectivity index (χ1) is 19.7. The first kappa shape index (κ1) is 33.3. The SMILES string of the molecule is COC(=O)[C@@H](N)CSNC(=O)[C@@H](CCC(F)(F)F)N(Cc1ccc(-c2ncon2)cc1F)S(=O)(=O)c1ccc(Cl)cc1. The highest BCUT2D eigenvalue weighted by Crippen LogP contribution is 2.30. The fourth-order valence-electron chi connectivity index (χ4n) is 3.58. The van der Waals surface area contributed by atoms with E-state index in [2.05, 4.69) is 24.1 Å². The summed E-state index contributed by atoms with van der Waals surface area (Å²) >= 11 is 6.44. The Kier molecular flexibility index (Phi) is 11.3. The molecule has 0 bridgehead atoms. The fourth-order valence-corrected chi connectivity index (χ4v) is 5.98. The lowest BCUT2D eigenvalue weighted by Gasteiger charge is -2.30. The number of ether oxygens (including phenoxy) is 1. The number of alkyl halides is 3. The Hall–Kier alpha value is -3.25. The number of rotatable bonds is 13. The summed E-state index contributed by atoms with van der Waals surface area (Å²) in [6.45, 7) is -0.828. The van der Waals surface area contributed by atoms with Gasteiger partial charge in [-0.1, -0.05) is 28.9 Å². The molecule has 3 N–H and O–H groups in total. The topological polar surface area (TPSA) is 158 Å². The molecule has 18 heteroatoms.